The number of halogens is 3. The first-order valence-corrected chi connectivity index (χ1v) is 15.0. The third kappa shape index (κ3) is 6.94. The van der Waals surface area contributed by atoms with Gasteiger partial charge in [-0.25, -0.2) is 36.5 Å². The van der Waals surface area contributed by atoms with Gasteiger partial charge in [0.1, 0.15) is 11.3 Å². The Morgan fingerprint density at radius 3 is 2.54 bits per heavy atom. The van der Waals surface area contributed by atoms with E-state index in [9.17, 15) is 17.2 Å². The molecule has 5 rings (SSSR count). The quantitative estimate of drug-likeness (QED) is 0.237. The Morgan fingerprint density at radius 2 is 1.83 bits per heavy atom. The fourth-order valence-corrected chi connectivity index (χ4v) is 6.12. The van der Waals surface area contributed by atoms with Crippen LogP contribution in [-0.4, -0.2) is 48.9 Å². The zero-order chi connectivity index (χ0) is 29.1. The Balaban J connectivity index is 1.39. The van der Waals surface area contributed by atoms with Gasteiger partial charge in [-0.2, -0.15) is 0 Å². The van der Waals surface area contributed by atoms with Gasteiger partial charge in [0.05, 0.1) is 28.8 Å². The number of piperidine rings is 1. The maximum atomic E-state index is 15.1. The minimum atomic E-state index is -3.83. The van der Waals surface area contributed by atoms with E-state index in [1.54, 1.807) is 42.6 Å². The maximum absolute atomic E-state index is 15.1. The summed E-state index contributed by atoms with van der Waals surface area (Å²) in [7, 11) is -3.83. The largest absolute Gasteiger partial charge is 0.350 e. The van der Waals surface area contributed by atoms with Crippen LogP contribution in [0.5, 0.6) is 0 Å². The minimum Gasteiger partial charge on any atom is -0.350 e. The molecule has 1 aliphatic rings. The van der Waals surface area contributed by atoms with E-state index in [2.05, 4.69) is 30.3 Å². The van der Waals surface area contributed by atoms with E-state index in [1.807, 2.05) is 19.9 Å². The number of alkyl halides is 2. The number of fused-ring (bicyclic) bond motifs is 1. The van der Waals surface area contributed by atoms with Crippen molar-refractivity contribution in [3.8, 4) is 11.3 Å². The molecule has 41 heavy (non-hydrogen) atoms. The summed E-state index contributed by atoms with van der Waals surface area (Å²) in [5.41, 5.74) is 3.35. The van der Waals surface area contributed by atoms with Crippen LogP contribution in [0.1, 0.15) is 37.3 Å². The van der Waals surface area contributed by atoms with Crippen molar-refractivity contribution >= 4 is 32.7 Å². The van der Waals surface area contributed by atoms with Crippen molar-refractivity contribution < 1.29 is 21.6 Å². The number of pyridine rings is 1. The molecule has 0 bridgehead atoms. The summed E-state index contributed by atoms with van der Waals surface area (Å²) in [6, 6.07) is 14.5. The second-order valence-electron chi connectivity index (χ2n) is 10.5. The van der Waals surface area contributed by atoms with E-state index in [-0.39, 0.29) is 29.9 Å². The van der Waals surface area contributed by atoms with Crippen molar-refractivity contribution in [2.75, 3.05) is 23.1 Å². The molecule has 0 saturated carbocycles. The molecule has 2 atom stereocenters. The maximum Gasteiger partial charge on any atom is 0.242 e. The molecule has 12 heteroatoms. The summed E-state index contributed by atoms with van der Waals surface area (Å²) >= 11 is 0. The number of hydrogen-bond donors (Lipinski definition) is 3. The van der Waals surface area contributed by atoms with E-state index in [0.717, 1.165) is 5.56 Å². The van der Waals surface area contributed by atoms with E-state index < -0.39 is 28.2 Å². The lowest BCUT2D eigenvalue weighted by atomic mass is 9.96. The molecule has 2 aromatic heterocycles. The topological polar surface area (TPSA) is 109 Å². The molecule has 1 fully saturated rings. The molecule has 3 N–H and O–H groups in total. The van der Waals surface area contributed by atoms with Crippen LogP contribution in [0, 0.1) is 11.7 Å². The zero-order valence-corrected chi connectivity index (χ0v) is 23.4. The lowest BCUT2D eigenvalue weighted by Crippen LogP contribution is -2.45. The van der Waals surface area contributed by atoms with Crippen LogP contribution < -0.4 is 15.4 Å². The van der Waals surface area contributed by atoms with Gasteiger partial charge in [-0.3, -0.25) is 4.72 Å². The fraction of sp³-hybridized carbons (Fsp3) is 0.345. The zero-order valence-electron chi connectivity index (χ0n) is 22.6. The number of nitrogens with one attached hydrogen (secondary N) is 3. The molecule has 1 saturated heterocycles. The minimum absolute atomic E-state index is 0.0375. The van der Waals surface area contributed by atoms with E-state index in [4.69, 9.17) is 0 Å². The third-order valence-corrected chi connectivity index (χ3v) is 8.25. The highest BCUT2D eigenvalue weighted by Crippen LogP contribution is 2.31. The number of hydrogen-bond acceptors (Lipinski definition) is 7. The Morgan fingerprint density at radius 1 is 1.05 bits per heavy atom. The van der Waals surface area contributed by atoms with Gasteiger partial charge < -0.3 is 10.6 Å². The third-order valence-electron chi connectivity index (χ3n) is 7.00. The number of anilines is 2. The molecule has 0 radical (unpaired) electrons. The first kappa shape index (κ1) is 28.7. The molecular weight excluding hydrogens is 553 g/mol. The summed E-state index contributed by atoms with van der Waals surface area (Å²) in [4.78, 5) is 13.7. The van der Waals surface area contributed by atoms with Gasteiger partial charge in [0.15, 0.2) is 0 Å². The molecular formula is C29H31F3N6O2S. The number of nitrogens with zero attached hydrogens (tertiary/aromatic N) is 3. The number of benzene rings is 2. The average Bonchev–Trinajstić information content (AvgIpc) is 2.94. The Kier molecular flexibility index (Phi) is 8.41. The first-order valence-electron chi connectivity index (χ1n) is 13.4. The van der Waals surface area contributed by atoms with E-state index >= 15 is 4.39 Å². The van der Waals surface area contributed by atoms with Crippen molar-refractivity contribution in [1.29, 1.82) is 0 Å². The highest BCUT2D eigenvalue weighted by molar-refractivity contribution is 7.91. The van der Waals surface area contributed by atoms with Gasteiger partial charge in [-0.15, -0.1) is 0 Å². The smallest absolute Gasteiger partial charge is 0.242 e. The number of rotatable bonds is 9. The predicted octanol–water partition coefficient (Wildman–Crippen LogP) is 5.55. The van der Waals surface area contributed by atoms with Crippen LogP contribution in [0.4, 0.5) is 24.8 Å². The molecule has 0 unspecified atom stereocenters. The second-order valence-corrected chi connectivity index (χ2v) is 12.3. The predicted molar refractivity (Wildman–Crippen MR) is 154 cm³/mol. The SMILES string of the molecule is CC(C)c1cc(-c2ccc(NS(=O)(=O)Cc3ccccc3)c(F)c2)nc2cnc(N[C@@H]3CNC[C@H](C(F)F)C3)nc12. The van der Waals surface area contributed by atoms with Crippen molar-refractivity contribution in [1.82, 2.24) is 20.3 Å². The molecule has 8 nitrogen and oxygen atoms in total. The van der Waals surface area contributed by atoms with Crippen LogP contribution in [0.2, 0.25) is 0 Å². The molecule has 216 valence electrons. The van der Waals surface area contributed by atoms with Crippen LogP contribution in [-0.2, 0) is 15.8 Å². The average molecular weight is 585 g/mol. The van der Waals surface area contributed by atoms with Gasteiger partial charge in [-0.1, -0.05) is 50.2 Å². The number of sulfonamides is 1. The van der Waals surface area contributed by atoms with E-state index in [0.29, 0.717) is 46.8 Å². The second kappa shape index (κ2) is 12.0. The standard InChI is InChI=1S/C29H31F3N6O2S/c1-17(2)22-12-25(19-8-9-24(23(30)11-19)38-41(39,40)16-18-6-4-3-5-7-18)36-26-15-34-29(37-27(22)26)35-21-10-20(28(31)32)13-33-14-21/h3-9,11-12,15,17,20-21,28,33,38H,10,13-14,16H2,1-2H3,(H,34,35,37)/t20-,21+/m1/s1. The lowest BCUT2D eigenvalue weighted by molar-refractivity contribution is 0.0606. The molecule has 0 amide bonds. The summed E-state index contributed by atoms with van der Waals surface area (Å²) < 4.78 is 69.0. The fourth-order valence-electron chi connectivity index (χ4n) is 4.92. The highest BCUT2D eigenvalue weighted by atomic mass is 32.2. The normalized spacial score (nSPS) is 17.7. The van der Waals surface area contributed by atoms with Crippen molar-refractivity contribution in [3.63, 3.8) is 0 Å². The van der Waals surface area contributed by atoms with Crippen LogP contribution in [0.25, 0.3) is 22.3 Å². The van der Waals surface area contributed by atoms with Crippen LogP contribution in [0.15, 0.2) is 60.8 Å². The number of aromatic nitrogens is 3. The summed E-state index contributed by atoms with van der Waals surface area (Å²) in [6.07, 6.45) is -0.527. The monoisotopic (exact) mass is 584 g/mol. The van der Waals surface area contributed by atoms with Crippen molar-refractivity contribution in [3.05, 3.63) is 77.7 Å². The van der Waals surface area contributed by atoms with Crippen LogP contribution >= 0.6 is 0 Å². The van der Waals surface area contributed by atoms with Crippen LogP contribution in [0.3, 0.4) is 0 Å². The van der Waals surface area contributed by atoms with Gasteiger partial charge >= 0.3 is 0 Å². The van der Waals surface area contributed by atoms with Gasteiger partial charge in [0.25, 0.3) is 0 Å². The molecule has 3 heterocycles. The Bertz CT molecular complexity index is 1640. The lowest BCUT2D eigenvalue weighted by Gasteiger charge is -2.30. The van der Waals surface area contributed by atoms with Crippen molar-refractivity contribution in [2.45, 2.75) is 44.4 Å². The molecule has 0 spiro atoms. The molecule has 4 aromatic rings. The molecule has 1 aliphatic heterocycles. The molecule has 2 aromatic carbocycles. The summed E-state index contributed by atoms with van der Waals surface area (Å²) in [6.45, 7) is 4.80. The highest BCUT2D eigenvalue weighted by Gasteiger charge is 2.28. The molecule has 0 aliphatic carbocycles. The summed E-state index contributed by atoms with van der Waals surface area (Å²) in [5, 5.41) is 6.20. The van der Waals surface area contributed by atoms with Crippen molar-refractivity contribution in [2.24, 2.45) is 5.92 Å². The Labute approximate surface area is 236 Å². The van der Waals surface area contributed by atoms with Gasteiger partial charge in [0.2, 0.25) is 22.4 Å². The summed E-state index contributed by atoms with van der Waals surface area (Å²) in [5.74, 6) is -1.38. The van der Waals surface area contributed by atoms with E-state index in [1.165, 1.54) is 12.1 Å². The Hall–Kier alpha value is -3.77. The van der Waals surface area contributed by atoms with Gasteiger partial charge in [0, 0.05) is 30.6 Å². The first-order chi connectivity index (χ1) is 19.6. The van der Waals surface area contributed by atoms with Gasteiger partial charge in [-0.05, 0) is 41.7 Å².